The molecule has 1 aromatic rings. The molecule has 0 bridgehead atoms. The van der Waals surface area contributed by atoms with E-state index in [1.54, 1.807) is 0 Å². The number of aryl methyl sites for hydroxylation is 1. The second-order valence-electron chi connectivity index (χ2n) is 5.42. The zero-order chi connectivity index (χ0) is 14.6. The van der Waals surface area contributed by atoms with E-state index in [0.29, 0.717) is 12.5 Å². The van der Waals surface area contributed by atoms with Crippen molar-refractivity contribution in [3.8, 4) is 0 Å². The standard InChI is InChI=1S/C15H21F2NO/c1-9(2)6-11(8-18)7-13(19)12-5-4-10(3)14(16)15(12)17/h4-5,9,11H,6-8,18H2,1-3H3. The molecule has 106 valence electrons. The number of hydrogen-bond donors (Lipinski definition) is 1. The average molecular weight is 269 g/mol. The summed E-state index contributed by atoms with van der Waals surface area (Å²) in [6, 6.07) is 2.77. The van der Waals surface area contributed by atoms with Crippen molar-refractivity contribution in [2.24, 2.45) is 17.6 Å². The maximum absolute atomic E-state index is 13.7. The van der Waals surface area contributed by atoms with Gasteiger partial charge in [0.2, 0.25) is 0 Å². The molecule has 19 heavy (non-hydrogen) atoms. The van der Waals surface area contributed by atoms with Crippen LogP contribution < -0.4 is 5.73 Å². The molecule has 0 saturated heterocycles. The topological polar surface area (TPSA) is 43.1 Å². The van der Waals surface area contributed by atoms with Crippen molar-refractivity contribution >= 4 is 5.78 Å². The number of carbonyl (C=O) groups excluding carboxylic acids is 1. The molecule has 0 aliphatic carbocycles. The van der Waals surface area contributed by atoms with Gasteiger partial charge < -0.3 is 5.73 Å². The average Bonchev–Trinajstić information content (AvgIpc) is 2.34. The van der Waals surface area contributed by atoms with Crippen LogP contribution in [0.3, 0.4) is 0 Å². The molecule has 0 aliphatic rings. The Bertz CT molecular complexity index is 458. The molecule has 0 saturated carbocycles. The van der Waals surface area contributed by atoms with Crippen LogP contribution in [0.5, 0.6) is 0 Å². The molecular formula is C15H21F2NO. The van der Waals surface area contributed by atoms with Crippen molar-refractivity contribution in [3.05, 3.63) is 34.9 Å². The summed E-state index contributed by atoms with van der Waals surface area (Å²) >= 11 is 0. The number of hydrogen-bond acceptors (Lipinski definition) is 2. The van der Waals surface area contributed by atoms with Crippen LogP contribution in [0.4, 0.5) is 8.78 Å². The van der Waals surface area contributed by atoms with E-state index in [2.05, 4.69) is 0 Å². The second kappa shape index (κ2) is 6.75. The quantitative estimate of drug-likeness (QED) is 0.804. The van der Waals surface area contributed by atoms with Gasteiger partial charge in [-0.2, -0.15) is 0 Å². The maximum Gasteiger partial charge on any atom is 0.169 e. The molecule has 0 fully saturated rings. The lowest BCUT2D eigenvalue weighted by Gasteiger charge is -2.16. The van der Waals surface area contributed by atoms with Crippen LogP contribution >= 0.6 is 0 Å². The van der Waals surface area contributed by atoms with Crippen molar-refractivity contribution in [2.75, 3.05) is 6.54 Å². The van der Waals surface area contributed by atoms with Gasteiger partial charge in [-0.15, -0.1) is 0 Å². The number of carbonyl (C=O) groups is 1. The van der Waals surface area contributed by atoms with Gasteiger partial charge in [-0.1, -0.05) is 19.9 Å². The molecule has 0 radical (unpaired) electrons. The molecule has 0 heterocycles. The minimum atomic E-state index is -1.05. The summed E-state index contributed by atoms with van der Waals surface area (Å²) in [7, 11) is 0. The first-order valence-electron chi connectivity index (χ1n) is 6.54. The van der Waals surface area contributed by atoms with E-state index < -0.39 is 11.6 Å². The minimum Gasteiger partial charge on any atom is -0.330 e. The summed E-state index contributed by atoms with van der Waals surface area (Å²) < 4.78 is 27.1. The molecule has 0 aliphatic heterocycles. The minimum absolute atomic E-state index is 0.0104. The Labute approximate surface area is 113 Å². The molecule has 2 nitrogen and oxygen atoms in total. The Morgan fingerprint density at radius 1 is 1.26 bits per heavy atom. The van der Waals surface area contributed by atoms with Crippen molar-refractivity contribution in [2.45, 2.75) is 33.6 Å². The van der Waals surface area contributed by atoms with E-state index >= 15 is 0 Å². The number of halogens is 2. The summed E-state index contributed by atoms with van der Waals surface area (Å²) in [5, 5.41) is 0. The SMILES string of the molecule is Cc1ccc(C(=O)CC(CN)CC(C)C)c(F)c1F. The molecule has 0 amide bonds. The third-order valence-corrected chi connectivity index (χ3v) is 3.19. The van der Waals surface area contributed by atoms with Crippen molar-refractivity contribution in [1.29, 1.82) is 0 Å². The molecule has 1 unspecified atom stereocenters. The Balaban J connectivity index is 2.86. The van der Waals surface area contributed by atoms with Gasteiger partial charge in [0.1, 0.15) is 0 Å². The van der Waals surface area contributed by atoms with Crippen molar-refractivity contribution < 1.29 is 13.6 Å². The summed E-state index contributed by atoms with van der Waals surface area (Å²) in [5.74, 6) is -1.95. The van der Waals surface area contributed by atoms with Crippen LogP contribution in [0.1, 0.15) is 42.6 Å². The van der Waals surface area contributed by atoms with Crippen molar-refractivity contribution in [3.63, 3.8) is 0 Å². The third-order valence-electron chi connectivity index (χ3n) is 3.19. The fourth-order valence-corrected chi connectivity index (χ4v) is 2.16. The number of ketones is 1. The summed E-state index contributed by atoms with van der Waals surface area (Å²) in [4.78, 5) is 12.0. The molecule has 4 heteroatoms. The van der Waals surface area contributed by atoms with E-state index in [-0.39, 0.29) is 29.2 Å². The highest BCUT2D eigenvalue weighted by atomic mass is 19.2. The van der Waals surface area contributed by atoms with Gasteiger partial charge in [-0.25, -0.2) is 8.78 Å². The largest absolute Gasteiger partial charge is 0.330 e. The van der Waals surface area contributed by atoms with E-state index in [4.69, 9.17) is 5.73 Å². The first-order chi connectivity index (χ1) is 8.86. The Morgan fingerprint density at radius 3 is 2.42 bits per heavy atom. The lowest BCUT2D eigenvalue weighted by Crippen LogP contribution is -2.20. The Kier molecular flexibility index (Phi) is 5.60. The molecule has 1 atom stereocenters. The van der Waals surface area contributed by atoms with Crippen LogP contribution in [0.2, 0.25) is 0 Å². The van der Waals surface area contributed by atoms with Gasteiger partial charge in [-0.05, 0) is 43.4 Å². The fraction of sp³-hybridized carbons (Fsp3) is 0.533. The normalized spacial score (nSPS) is 12.8. The Hall–Kier alpha value is -1.29. The summed E-state index contributed by atoms with van der Waals surface area (Å²) in [5.41, 5.74) is 5.64. The first-order valence-corrected chi connectivity index (χ1v) is 6.54. The lowest BCUT2D eigenvalue weighted by atomic mass is 9.90. The highest BCUT2D eigenvalue weighted by molar-refractivity contribution is 5.96. The zero-order valence-corrected chi connectivity index (χ0v) is 11.7. The van der Waals surface area contributed by atoms with Gasteiger partial charge in [0.25, 0.3) is 0 Å². The zero-order valence-electron chi connectivity index (χ0n) is 11.7. The molecule has 0 spiro atoms. The van der Waals surface area contributed by atoms with Crippen molar-refractivity contribution in [1.82, 2.24) is 0 Å². The highest BCUT2D eigenvalue weighted by Crippen LogP contribution is 2.21. The number of Topliss-reactive ketones (excluding diaryl/α,β-unsaturated/α-hetero) is 1. The van der Waals surface area contributed by atoms with Gasteiger partial charge in [0.15, 0.2) is 17.4 Å². The Morgan fingerprint density at radius 2 is 1.89 bits per heavy atom. The van der Waals surface area contributed by atoms with E-state index in [0.717, 1.165) is 6.42 Å². The van der Waals surface area contributed by atoms with E-state index in [9.17, 15) is 13.6 Å². The van der Waals surface area contributed by atoms with Crippen LogP contribution in [0.15, 0.2) is 12.1 Å². The van der Waals surface area contributed by atoms with E-state index in [1.807, 2.05) is 13.8 Å². The van der Waals surface area contributed by atoms with Crippen LogP contribution in [-0.4, -0.2) is 12.3 Å². The first kappa shape index (κ1) is 15.8. The predicted molar refractivity (Wildman–Crippen MR) is 72.0 cm³/mol. The van der Waals surface area contributed by atoms with Crippen LogP contribution in [0, 0.1) is 30.4 Å². The van der Waals surface area contributed by atoms with Crippen LogP contribution in [0.25, 0.3) is 0 Å². The molecular weight excluding hydrogens is 248 g/mol. The van der Waals surface area contributed by atoms with Gasteiger partial charge in [-0.3, -0.25) is 4.79 Å². The number of rotatable bonds is 6. The molecule has 0 aromatic heterocycles. The highest BCUT2D eigenvalue weighted by Gasteiger charge is 2.20. The second-order valence-corrected chi connectivity index (χ2v) is 5.42. The summed E-state index contributed by atoms with van der Waals surface area (Å²) in [6.07, 6.45) is 0.965. The fourth-order valence-electron chi connectivity index (χ4n) is 2.16. The van der Waals surface area contributed by atoms with Crippen LogP contribution in [-0.2, 0) is 0 Å². The lowest BCUT2D eigenvalue weighted by molar-refractivity contribution is 0.0952. The predicted octanol–water partition coefficient (Wildman–Crippen LogP) is 3.47. The summed E-state index contributed by atoms with van der Waals surface area (Å²) in [6.45, 7) is 5.92. The molecule has 1 aromatic carbocycles. The van der Waals surface area contributed by atoms with Gasteiger partial charge in [0.05, 0.1) is 5.56 Å². The monoisotopic (exact) mass is 269 g/mol. The smallest absolute Gasteiger partial charge is 0.169 e. The van der Waals surface area contributed by atoms with Gasteiger partial charge >= 0.3 is 0 Å². The third kappa shape index (κ3) is 4.10. The maximum atomic E-state index is 13.7. The number of nitrogens with two attached hydrogens (primary N) is 1. The number of benzene rings is 1. The van der Waals surface area contributed by atoms with Gasteiger partial charge in [0, 0.05) is 6.42 Å². The molecule has 1 rings (SSSR count). The van der Waals surface area contributed by atoms with E-state index in [1.165, 1.54) is 19.1 Å². The molecule has 2 N–H and O–H groups in total.